The standard InChI is InChI=1S/C31H26ClNO2S/c1-23-15-17-30(18-16-23)36(34,35)33-22-28(26-13-8-14-29(32)20-26)19-27(24-9-4-2-5-10-24)21-31(33)25-11-6-3-7-12-25/h2-21,28H,22H2,1H3/t28-/m1/s1. The van der Waals surface area contributed by atoms with Gasteiger partial charge < -0.3 is 0 Å². The first-order chi connectivity index (χ1) is 17.4. The molecular weight excluding hydrogens is 486 g/mol. The van der Waals surface area contributed by atoms with Gasteiger partial charge in [-0.15, -0.1) is 0 Å². The fourth-order valence-electron chi connectivity index (χ4n) is 4.46. The molecule has 0 amide bonds. The van der Waals surface area contributed by atoms with Crippen LogP contribution in [0.3, 0.4) is 0 Å². The summed E-state index contributed by atoms with van der Waals surface area (Å²) in [5, 5.41) is 0.621. The lowest BCUT2D eigenvalue weighted by molar-refractivity contribution is 0.499. The third-order valence-electron chi connectivity index (χ3n) is 6.37. The quantitative estimate of drug-likeness (QED) is 0.277. The lowest BCUT2D eigenvalue weighted by Crippen LogP contribution is -2.32. The number of rotatable bonds is 5. The minimum absolute atomic E-state index is 0.211. The van der Waals surface area contributed by atoms with Crippen LogP contribution in [0, 0.1) is 6.92 Å². The second-order valence-electron chi connectivity index (χ2n) is 8.89. The molecule has 0 radical (unpaired) electrons. The summed E-state index contributed by atoms with van der Waals surface area (Å²) in [5.74, 6) is -0.211. The Morgan fingerprint density at radius 1 is 0.778 bits per heavy atom. The van der Waals surface area contributed by atoms with Crippen molar-refractivity contribution in [2.24, 2.45) is 0 Å². The Kier molecular flexibility index (Phi) is 6.82. The molecule has 1 atom stereocenters. The van der Waals surface area contributed by atoms with E-state index < -0.39 is 10.0 Å². The van der Waals surface area contributed by atoms with E-state index in [1.54, 1.807) is 16.4 Å². The Hall–Kier alpha value is -3.60. The highest BCUT2D eigenvalue weighted by atomic mass is 35.5. The number of benzene rings is 4. The van der Waals surface area contributed by atoms with Gasteiger partial charge in [-0.2, -0.15) is 0 Å². The molecular formula is C31H26ClNO2S. The molecule has 3 nitrogen and oxygen atoms in total. The van der Waals surface area contributed by atoms with E-state index in [1.807, 2.05) is 110 Å². The second-order valence-corrected chi connectivity index (χ2v) is 11.2. The van der Waals surface area contributed by atoms with Gasteiger partial charge in [0.25, 0.3) is 10.0 Å². The van der Waals surface area contributed by atoms with Crippen LogP contribution in [0.25, 0.3) is 11.3 Å². The van der Waals surface area contributed by atoms with Gasteiger partial charge in [0.1, 0.15) is 0 Å². The summed E-state index contributed by atoms with van der Waals surface area (Å²) in [7, 11) is -3.86. The maximum atomic E-state index is 14.2. The third-order valence-corrected chi connectivity index (χ3v) is 8.40. The van der Waals surface area contributed by atoms with Crippen molar-refractivity contribution in [2.75, 3.05) is 6.54 Å². The number of aryl methyl sites for hydroxylation is 1. The number of halogens is 1. The highest BCUT2D eigenvalue weighted by Gasteiger charge is 2.32. The van der Waals surface area contributed by atoms with Gasteiger partial charge >= 0.3 is 0 Å². The number of allylic oxidation sites excluding steroid dienone is 2. The van der Waals surface area contributed by atoms with Gasteiger partial charge in [-0.25, -0.2) is 8.42 Å². The van der Waals surface area contributed by atoms with E-state index >= 15 is 0 Å². The highest BCUT2D eigenvalue weighted by molar-refractivity contribution is 7.89. The number of hydrogen-bond acceptors (Lipinski definition) is 2. The smallest absolute Gasteiger partial charge is 0.264 e. The van der Waals surface area contributed by atoms with Crippen LogP contribution in [0.5, 0.6) is 0 Å². The highest BCUT2D eigenvalue weighted by Crippen LogP contribution is 2.38. The summed E-state index contributed by atoms with van der Waals surface area (Å²) in [6, 6.07) is 34.4. The Bertz CT molecular complexity index is 1530. The van der Waals surface area contributed by atoms with E-state index in [9.17, 15) is 8.42 Å². The Morgan fingerprint density at radius 2 is 1.42 bits per heavy atom. The van der Waals surface area contributed by atoms with E-state index in [-0.39, 0.29) is 17.4 Å². The molecule has 0 N–H and O–H groups in total. The first-order valence-corrected chi connectivity index (χ1v) is 13.6. The van der Waals surface area contributed by atoms with Crippen LogP contribution in [0.2, 0.25) is 5.02 Å². The molecule has 36 heavy (non-hydrogen) atoms. The number of sulfonamides is 1. The van der Waals surface area contributed by atoms with Crippen molar-refractivity contribution < 1.29 is 8.42 Å². The molecule has 0 saturated carbocycles. The molecule has 1 aliphatic rings. The molecule has 0 spiro atoms. The normalized spacial score (nSPS) is 16.2. The lowest BCUT2D eigenvalue weighted by atomic mass is 9.94. The van der Waals surface area contributed by atoms with E-state index in [4.69, 9.17) is 11.6 Å². The van der Waals surface area contributed by atoms with Crippen molar-refractivity contribution in [2.45, 2.75) is 17.7 Å². The van der Waals surface area contributed by atoms with Gasteiger partial charge in [0.15, 0.2) is 0 Å². The number of hydrogen-bond donors (Lipinski definition) is 0. The fraction of sp³-hybridized carbons (Fsp3) is 0.0968. The van der Waals surface area contributed by atoms with Crippen LogP contribution in [-0.4, -0.2) is 19.3 Å². The summed E-state index contributed by atoms with van der Waals surface area (Å²) in [4.78, 5) is 0.267. The van der Waals surface area contributed by atoms with E-state index in [1.165, 1.54) is 0 Å². The predicted octanol–water partition coefficient (Wildman–Crippen LogP) is 7.56. The maximum Gasteiger partial charge on any atom is 0.264 e. The Balaban J connectivity index is 1.73. The molecule has 4 aromatic carbocycles. The van der Waals surface area contributed by atoms with E-state index in [0.29, 0.717) is 10.7 Å². The summed E-state index contributed by atoms with van der Waals surface area (Å²) < 4.78 is 29.9. The zero-order chi connectivity index (χ0) is 25.1. The van der Waals surface area contributed by atoms with Crippen molar-refractivity contribution in [3.05, 3.63) is 149 Å². The van der Waals surface area contributed by atoms with Crippen LogP contribution in [0.1, 0.15) is 28.2 Å². The minimum atomic E-state index is -3.86. The Labute approximate surface area is 218 Å². The molecule has 5 rings (SSSR count). The van der Waals surface area contributed by atoms with Crippen molar-refractivity contribution in [3.8, 4) is 0 Å². The molecule has 180 valence electrons. The molecule has 0 aliphatic carbocycles. The second kappa shape index (κ2) is 10.2. The summed E-state index contributed by atoms with van der Waals surface area (Å²) >= 11 is 6.35. The molecule has 5 heteroatoms. The van der Waals surface area contributed by atoms with Crippen molar-refractivity contribution in [1.82, 2.24) is 4.31 Å². The molecule has 0 unspecified atom stereocenters. The number of nitrogens with zero attached hydrogens (tertiary/aromatic N) is 1. The zero-order valence-corrected chi connectivity index (χ0v) is 21.5. The lowest BCUT2D eigenvalue weighted by Gasteiger charge is -2.29. The average Bonchev–Trinajstić information content (AvgIpc) is 3.11. The van der Waals surface area contributed by atoms with Crippen molar-refractivity contribution in [1.29, 1.82) is 0 Å². The molecule has 0 fully saturated rings. The van der Waals surface area contributed by atoms with Crippen LogP contribution in [0.4, 0.5) is 0 Å². The Morgan fingerprint density at radius 3 is 2.06 bits per heavy atom. The third kappa shape index (κ3) is 5.01. The summed E-state index contributed by atoms with van der Waals surface area (Å²) in [6.07, 6.45) is 4.13. The van der Waals surface area contributed by atoms with Crippen molar-refractivity contribution >= 4 is 32.9 Å². The largest absolute Gasteiger partial charge is 0.265 e. The SMILES string of the molecule is Cc1ccc(S(=O)(=O)N2C[C@H](c3cccc(Cl)c3)C=C(c3ccccc3)C=C2c2ccccc2)cc1. The molecule has 1 aliphatic heterocycles. The predicted molar refractivity (Wildman–Crippen MR) is 148 cm³/mol. The molecule has 4 aromatic rings. The molecule has 1 heterocycles. The maximum absolute atomic E-state index is 14.2. The average molecular weight is 512 g/mol. The van der Waals surface area contributed by atoms with Gasteiger partial charge in [-0.05, 0) is 59.5 Å². The summed E-state index contributed by atoms with van der Waals surface area (Å²) in [6.45, 7) is 2.19. The zero-order valence-electron chi connectivity index (χ0n) is 19.9. The fourth-order valence-corrected chi connectivity index (χ4v) is 6.17. The van der Waals surface area contributed by atoms with Gasteiger partial charge in [0.05, 0.1) is 10.6 Å². The first kappa shape index (κ1) is 24.1. The van der Waals surface area contributed by atoms with Crippen LogP contribution in [0.15, 0.2) is 126 Å². The van der Waals surface area contributed by atoms with Crippen LogP contribution >= 0.6 is 11.6 Å². The first-order valence-electron chi connectivity index (χ1n) is 11.8. The topological polar surface area (TPSA) is 37.4 Å². The van der Waals surface area contributed by atoms with Gasteiger partial charge in [0, 0.05) is 17.5 Å². The molecule has 0 saturated heterocycles. The van der Waals surface area contributed by atoms with E-state index in [2.05, 4.69) is 6.08 Å². The molecule has 0 bridgehead atoms. The van der Waals surface area contributed by atoms with Crippen LogP contribution < -0.4 is 0 Å². The summed E-state index contributed by atoms with van der Waals surface area (Å²) in [5.41, 5.74) is 5.42. The van der Waals surface area contributed by atoms with Gasteiger partial charge in [0.2, 0.25) is 0 Å². The molecule has 0 aromatic heterocycles. The van der Waals surface area contributed by atoms with Crippen molar-refractivity contribution in [3.63, 3.8) is 0 Å². The van der Waals surface area contributed by atoms with Crippen LogP contribution in [-0.2, 0) is 10.0 Å². The monoisotopic (exact) mass is 511 g/mol. The van der Waals surface area contributed by atoms with E-state index in [0.717, 1.165) is 27.8 Å². The van der Waals surface area contributed by atoms with Gasteiger partial charge in [-0.3, -0.25) is 4.31 Å². The van der Waals surface area contributed by atoms with Gasteiger partial charge in [-0.1, -0.05) is 108 Å². The minimum Gasteiger partial charge on any atom is -0.265 e.